The second kappa shape index (κ2) is 17.7. The van der Waals surface area contributed by atoms with Crippen LogP contribution in [0.5, 0.6) is 0 Å². The molecule has 0 aliphatic carbocycles. The van der Waals surface area contributed by atoms with Crippen molar-refractivity contribution in [3.63, 3.8) is 0 Å². The lowest BCUT2D eigenvalue weighted by molar-refractivity contribution is -0.137. The predicted molar refractivity (Wildman–Crippen MR) is 242 cm³/mol. The number of piperazine rings is 1. The number of ether oxygens (including phenoxy) is 1. The van der Waals surface area contributed by atoms with Crippen LogP contribution in [0.3, 0.4) is 0 Å². The lowest BCUT2D eigenvalue weighted by Crippen LogP contribution is -2.61. The fraction of sp³-hybridized carbons (Fsp3) is 0.592. The average Bonchev–Trinajstić information content (AvgIpc) is 3.85. The zero-order chi connectivity index (χ0) is 46.0. The normalized spacial score (nSPS) is 23.0. The summed E-state index contributed by atoms with van der Waals surface area (Å²) in [5.74, 6) is -0.0940. The Morgan fingerprint density at radius 1 is 0.894 bits per heavy atom. The van der Waals surface area contributed by atoms with Crippen molar-refractivity contribution in [2.75, 3.05) is 75.4 Å². The van der Waals surface area contributed by atoms with E-state index in [0.717, 1.165) is 79.8 Å². The molecule has 1 atom stereocenters. The summed E-state index contributed by atoms with van der Waals surface area (Å²) in [5.41, 5.74) is 5.35. The highest BCUT2D eigenvalue weighted by molar-refractivity contribution is 6.05. The number of nitrogens with zero attached hydrogens (tertiary/aromatic N) is 8. The number of benzene rings is 2. The van der Waals surface area contributed by atoms with Crippen LogP contribution < -0.4 is 15.1 Å². The number of hydrogen-bond donors (Lipinski definition) is 1. The van der Waals surface area contributed by atoms with Gasteiger partial charge in [0.15, 0.2) is 5.82 Å². The minimum atomic E-state index is -2.86. The third kappa shape index (κ3) is 8.23. The number of rotatable bonds is 8. The lowest BCUT2D eigenvalue weighted by atomic mass is 9.91. The number of imide groups is 1. The van der Waals surface area contributed by atoms with Crippen molar-refractivity contribution in [1.82, 2.24) is 34.7 Å². The van der Waals surface area contributed by atoms with E-state index in [-0.39, 0.29) is 47.2 Å². The number of carbonyl (C=O) groups excluding carboxylic acids is 5. The van der Waals surface area contributed by atoms with E-state index in [1.807, 2.05) is 30.9 Å². The van der Waals surface area contributed by atoms with Crippen molar-refractivity contribution < 1.29 is 37.5 Å². The van der Waals surface area contributed by atoms with Gasteiger partial charge < -0.3 is 29.2 Å². The van der Waals surface area contributed by atoms with Crippen LogP contribution >= 0.6 is 0 Å². The summed E-state index contributed by atoms with van der Waals surface area (Å²) in [6.07, 6.45) is 3.44. The quantitative estimate of drug-likeness (QED) is 0.293. The molecule has 0 radical (unpaired) electrons. The van der Waals surface area contributed by atoms with Gasteiger partial charge in [0.1, 0.15) is 6.04 Å². The summed E-state index contributed by atoms with van der Waals surface area (Å²) in [6.45, 7) is 13.2. The van der Waals surface area contributed by atoms with Crippen LogP contribution in [-0.2, 0) is 45.1 Å². The third-order valence-corrected chi connectivity index (χ3v) is 15.4. The molecule has 1 N–H and O–H groups in total. The van der Waals surface area contributed by atoms with Crippen molar-refractivity contribution in [3.8, 4) is 0 Å². The Labute approximate surface area is 384 Å². The molecular formula is C49H61F2N9O6. The van der Waals surface area contributed by atoms with E-state index in [1.165, 1.54) is 6.07 Å². The third-order valence-electron chi connectivity index (χ3n) is 15.4. The molecule has 0 spiro atoms. The van der Waals surface area contributed by atoms with Crippen molar-refractivity contribution in [1.29, 1.82) is 0 Å². The van der Waals surface area contributed by atoms with Gasteiger partial charge in [-0.2, -0.15) is 5.10 Å². The molecule has 352 valence electrons. The number of aryl methyl sites for hydroxylation is 1. The summed E-state index contributed by atoms with van der Waals surface area (Å²) in [6, 6.07) is 8.69. The molecule has 10 rings (SSSR count). The number of nitrogens with one attached hydrogen (secondary N) is 1. The maximum atomic E-state index is 15.2. The number of alkyl halides is 2. The van der Waals surface area contributed by atoms with E-state index in [2.05, 4.69) is 30.8 Å². The van der Waals surface area contributed by atoms with E-state index in [9.17, 15) is 24.0 Å². The first-order chi connectivity index (χ1) is 31.7. The molecule has 5 amide bonds. The summed E-state index contributed by atoms with van der Waals surface area (Å²) in [5, 5.41) is 7.57. The molecule has 8 heterocycles. The second-order valence-electron chi connectivity index (χ2n) is 20.0. The molecule has 7 aliphatic heterocycles. The summed E-state index contributed by atoms with van der Waals surface area (Å²) in [7, 11) is 0. The molecule has 1 aromatic heterocycles. The van der Waals surface area contributed by atoms with Crippen LogP contribution in [0.4, 0.5) is 26.0 Å². The fourth-order valence-corrected chi connectivity index (χ4v) is 11.8. The SMILES string of the molecule is CC(=O)N1CCc2c(c(N3CCCc4cc(C(=O)N5CCN(CC6CCN(c7ccc8c(c7)CN(C7CCC(=O)NC7=O)C8=O)CC6)CC5(C)C)c(C(F)F)cc43)nn2C2CCOCC2)C1. The van der Waals surface area contributed by atoms with Crippen LogP contribution in [0.25, 0.3) is 0 Å². The number of amides is 5. The number of piperidine rings is 2. The van der Waals surface area contributed by atoms with Crippen molar-refractivity contribution in [3.05, 3.63) is 69.4 Å². The largest absolute Gasteiger partial charge is 0.381 e. The van der Waals surface area contributed by atoms with E-state index in [0.29, 0.717) is 101 Å². The molecule has 3 aromatic rings. The minimum absolute atomic E-state index is 0.00541. The summed E-state index contributed by atoms with van der Waals surface area (Å²) in [4.78, 5) is 76.6. The Bertz CT molecular complexity index is 2440. The Kier molecular flexibility index (Phi) is 11.9. The zero-order valence-electron chi connectivity index (χ0n) is 38.3. The van der Waals surface area contributed by atoms with Crippen molar-refractivity contribution in [2.45, 2.75) is 116 Å². The van der Waals surface area contributed by atoms with Crippen LogP contribution in [0.2, 0.25) is 0 Å². The summed E-state index contributed by atoms with van der Waals surface area (Å²) < 4.78 is 38.2. The van der Waals surface area contributed by atoms with Gasteiger partial charge in [0.05, 0.1) is 18.1 Å². The first-order valence-corrected chi connectivity index (χ1v) is 24.0. The maximum absolute atomic E-state index is 15.2. The number of halogens is 2. The van der Waals surface area contributed by atoms with E-state index >= 15 is 8.78 Å². The van der Waals surface area contributed by atoms with E-state index in [4.69, 9.17) is 9.84 Å². The minimum Gasteiger partial charge on any atom is -0.381 e. The fourth-order valence-electron chi connectivity index (χ4n) is 11.8. The first kappa shape index (κ1) is 44.4. The molecule has 66 heavy (non-hydrogen) atoms. The number of aromatic nitrogens is 2. The standard InChI is InChI=1S/C49H61F2N9O6/c1-30(61)56-18-12-40-39(28-56)45(53-60(40)34-13-21-66-22-14-34)57-15-4-5-32-24-38(37(44(50)51)25-42(32)57)48(65)59-20-19-54(29-49(59,2)3)26-31-10-16-55(17-11-31)35-6-7-36-33(23-35)27-58(47(36)64)41-8-9-43(62)52-46(41)63/h6-7,23-25,31,34,41,44H,4-5,8-22,26-29H2,1-3H3,(H,52,62,63). The molecule has 0 saturated carbocycles. The molecule has 7 aliphatic rings. The van der Waals surface area contributed by atoms with Gasteiger partial charge in [0, 0.05) is 131 Å². The van der Waals surface area contributed by atoms with Gasteiger partial charge in [-0.05, 0) is 106 Å². The molecule has 4 saturated heterocycles. The smallest absolute Gasteiger partial charge is 0.264 e. The zero-order valence-corrected chi connectivity index (χ0v) is 38.3. The molecule has 4 fully saturated rings. The number of hydrogen-bond acceptors (Lipinski definition) is 10. The molecule has 15 nitrogen and oxygen atoms in total. The maximum Gasteiger partial charge on any atom is 0.264 e. The number of carbonyl (C=O) groups is 5. The average molecular weight is 910 g/mol. The van der Waals surface area contributed by atoms with Gasteiger partial charge in [-0.3, -0.25) is 38.9 Å². The topological polar surface area (TPSA) is 144 Å². The molecule has 17 heteroatoms. The van der Waals surface area contributed by atoms with Crippen molar-refractivity contribution >= 4 is 46.7 Å². The molecular weight excluding hydrogens is 849 g/mol. The lowest BCUT2D eigenvalue weighted by Gasteiger charge is -2.48. The van der Waals surface area contributed by atoms with Gasteiger partial charge in [0.2, 0.25) is 17.7 Å². The van der Waals surface area contributed by atoms with Crippen molar-refractivity contribution in [2.24, 2.45) is 5.92 Å². The first-order valence-electron chi connectivity index (χ1n) is 24.0. The Morgan fingerprint density at radius 3 is 2.41 bits per heavy atom. The van der Waals surface area contributed by atoms with Gasteiger partial charge in [-0.25, -0.2) is 8.78 Å². The highest BCUT2D eigenvalue weighted by Crippen LogP contribution is 2.43. The van der Waals surface area contributed by atoms with Crippen LogP contribution in [0, 0.1) is 5.92 Å². The molecule has 0 bridgehead atoms. The Morgan fingerprint density at radius 2 is 1.68 bits per heavy atom. The highest BCUT2D eigenvalue weighted by atomic mass is 19.3. The van der Waals surface area contributed by atoms with Gasteiger partial charge >= 0.3 is 0 Å². The summed E-state index contributed by atoms with van der Waals surface area (Å²) >= 11 is 0. The van der Waals surface area contributed by atoms with Crippen LogP contribution in [-0.4, -0.2) is 136 Å². The van der Waals surface area contributed by atoms with Gasteiger partial charge in [0.25, 0.3) is 18.2 Å². The number of anilines is 3. The Balaban J connectivity index is 0.800. The van der Waals surface area contributed by atoms with Crippen LogP contribution in [0.15, 0.2) is 30.3 Å². The van der Waals surface area contributed by atoms with Gasteiger partial charge in [-0.1, -0.05) is 0 Å². The van der Waals surface area contributed by atoms with Crippen LogP contribution in [0.1, 0.15) is 127 Å². The molecule has 1 unspecified atom stereocenters. The van der Waals surface area contributed by atoms with E-state index in [1.54, 1.807) is 22.8 Å². The Hall–Kier alpha value is -5.42. The predicted octanol–water partition coefficient (Wildman–Crippen LogP) is 5.38. The second-order valence-corrected chi connectivity index (χ2v) is 20.0. The molecule has 2 aromatic carbocycles. The highest BCUT2D eigenvalue weighted by Gasteiger charge is 2.42. The number of fused-ring (bicyclic) bond motifs is 3. The van der Waals surface area contributed by atoms with Gasteiger partial charge in [-0.15, -0.1) is 0 Å². The van der Waals surface area contributed by atoms with E-state index < -0.39 is 23.9 Å². The monoisotopic (exact) mass is 909 g/mol.